The minimum absolute atomic E-state index is 0.0344. The Morgan fingerprint density at radius 1 is 0.970 bits per heavy atom. The van der Waals surface area contributed by atoms with Gasteiger partial charge in [0.1, 0.15) is 5.75 Å². The third-order valence-corrected chi connectivity index (χ3v) is 5.19. The molecular formula is C26H34N2O5. The van der Waals surface area contributed by atoms with Crippen molar-refractivity contribution in [3.05, 3.63) is 48.0 Å². The lowest BCUT2D eigenvalue weighted by atomic mass is 10.1. The Labute approximate surface area is 195 Å². The van der Waals surface area contributed by atoms with Gasteiger partial charge in [-0.05, 0) is 62.4 Å². The molecule has 0 spiro atoms. The molecule has 2 aromatic carbocycles. The van der Waals surface area contributed by atoms with E-state index in [1.54, 1.807) is 24.3 Å². The van der Waals surface area contributed by atoms with E-state index in [-0.39, 0.29) is 30.4 Å². The molecule has 7 nitrogen and oxygen atoms in total. The smallest absolute Gasteiger partial charge is 0.258 e. The van der Waals surface area contributed by atoms with Crippen LogP contribution in [0.15, 0.2) is 42.5 Å². The van der Waals surface area contributed by atoms with Gasteiger partial charge < -0.3 is 24.8 Å². The molecule has 0 aliphatic heterocycles. The number of rotatable bonds is 13. The summed E-state index contributed by atoms with van der Waals surface area (Å²) >= 11 is 0. The Balaban J connectivity index is 1.54. The van der Waals surface area contributed by atoms with Crippen LogP contribution >= 0.6 is 0 Å². The number of hydrogen-bond acceptors (Lipinski definition) is 5. The largest absolute Gasteiger partial charge is 0.490 e. The highest BCUT2D eigenvalue weighted by molar-refractivity contribution is 5.94. The van der Waals surface area contributed by atoms with Crippen LogP contribution < -0.4 is 24.8 Å². The number of nitrogens with one attached hydrogen (secondary N) is 2. The van der Waals surface area contributed by atoms with Gasteiger partial charge in [0.05, 0.1) is 19.3 Å². The Bertz CT molecular complexity index is 942. The first-order chi connectivity index (χ1) is 16.0. The standard InChI is InChI=1S/C26H34N2O5/c1-4-13-31-23-12-11-20(15-24(23)32-14-5-2)18(3)27-25(29)17-33-22-8-6-7-21(16-22)28-26(30)19-9-10-19/h6-8,11-12,15-16,18-19H,4-5,9-10,13-14,17H2,1-3H3,(H,27,29)(H,28,30). The SMILES string of the molecule is CCCOc1ccc(C(C)NC(=O)COc2cccc(NC(=O)C3CC3)c2)cc1OCCC. The van der Waals surface area contributed by atoms with Crippen molar-refractivity contribution in [2.75, 3.05) is 25.1 Å². The van der Waals surface area contributed by atoms with Gasteiger partial charge in [-0.25, -0.2) is 0 Å². The second kappa shape index (κ2) is 12.1. The average molecular weight is 455 g/mol. The van der Waals surface area contributed by atoms with E-state index in [2.05, 4.69) is 24.5 Å². The second-order valence-corrected chi connectivity index (χ2v) is 8.27. The molecule has 0 radical (unpaired) electrons. The molecule has 0 bridgehead atoms. The summed E-state index contributed by atoms with van der Waals surface area (Å²) in [6, 6.07) is 12.6. The number of ether oxygens (including phenoxy) is 3. The van der Waals surface area contributed by atoms with Gasteiger partial charge in [0.2, 0.25) is 5.91 Å². The van der Waals surface area contributed by atoms with E-state index in [0.29, 0.717) is 36.1 Å². The molecule has 1 atom stereocenters. The van der Waals surface area contributed by atoms with E-state index in [1.807, 2.05) is 25.1 Å². The summed E-state index contributed by atoms with van der Waals surface area (Å²) in [5, 5.41) is 5.83. The number of carbonyl (C=O) groups is 2. The summed E-state index contributed by atoms with van der Waals surface area (Å²) in [6.07, 6.45) is 3.70. The Morgan fingerprint density at radius 3 is 2.39 bits per heavy atom. The molecule has 1 saturated carbocycles. The molecule has 33 heavy (non-hydrogen) atoms. The van der Waals surface area contributed by atoms with E-state index in [4.69, 9.17) is 14.2 Å². The van der Waals surface area contributed by atoms with E-state index in [1.165, 1.54) is 0 Å². The van der Waals surface area contributed by atoms with Crippen molar-refractivity contribution in [3.63, 3.8) is 0 Å². The van der Waals surface area contributed by atoms with Gasteiger partial charge in [-0.3, -0.25) is 9.59 Å². The van der Waals surface area contributed by atoms with Crippen LogP contribution in [0.25, 0.3) is 0 Å². The third kappa shape index (κ3) is 7.70. The van der Waals surface area contributed by atoms with Gasteiger partial charge in [0.25, 0.3) is 5.91 Å². The maximum atomic E-state index is 12.5. The Hall–Kier alpha value is -3.22. The highest BCUT2D eigenvalue weighted by atomic mass is 16.5. The van der Waals surface area contributed by atoms with Gasteiger partial charge in [0, 0.05) is 17.7 Å². The zero-order valence-corrected chi connectivity index (χ0v) is 19.7. The average Bonchev–Trinajstić information content (AvgIpc) is 3.66. The Kier molecular flexibility index (Phi) is 8.98. The molecule has 1 aliphatic carbocycles. The van der Waals surface area contributed by atoms with Crippen molar-refractivity contribution in [1.82, 2.24) is 5.32 Å². The van der Waals surface area contributed by atoms with Crippen LogP contribution in [0.4, 0.5) is 5.69 Å². The van der Waals surface area contributed by atoms with E-state index < -0.39 is 0 Å². The van der Waals surface area contributed by atoms with E-state index in [0.717, 1.165) is 31.2 Å². The zero-order valence-electron chi connectivity index (χ0n) is 19.7. The molecule has 7 heteroatoms. The van der Waals surface area contributed by atoms with Crippen molar-refractivity contribution < 1.29 is 23.8 Å². The van der Waals surface area contributed by atoms with Crippen molar-refractivity contribution in [2.45, 2.75) is 52.5 Å². The molecule has 2 aromatic rings. The summed E-state index contributed by atoms with van der Waals surface area (Å²) in [7, 11) is 0. The van der Waals surface area contributed by atoms with Crippen LogP contribution in [0, 0.1) is 5.92 Å². The van der Waals surface area contributed by atoms with Crippen LogP contribution in [0.1, 0.15) is 58.1 Å². The van der Waals surface area contributed by atoms with E-state index in [9.17, 15) is 9.59 Å². The number of anilines is 1. The predicted molar refractivity (Wildman–Crippen MR) is 128 cm³/mol. The molecule has 178 valence electrons. The fourth-order valence-electron chi connectivity index (χ4n) is 3.22. The highest BCUT2D eigenvalue weighted by Gasteiger charge is 2.29. The first-order valence-electron chi connectivity index (χ1n) is 11.7. The van der Waals surface area contributed by atoms with Crippen LogP contribution in [-0.4, -0.2) is 31.6 Å². The Morgan fingerprint density at radius 2 is 1.70 bits per heavy atom. The van der Waals surface area contributed by atoms with Crippen molar-refractivity contribution in [3.8, 4) is 17.2 Å². The fourth-order valence-corrected chi connectivity index (χ4v) is 3.22. The van der Waals surface area contributed by atoms with Gasteiger partial charge in [-0.1, -0.05) is 26.0 Å². The summed E-state index contributed by atoms with van der Waals surface area (Å²) in [6.45, 7) is 7.12. The summed E-state index contributed by atoms with van der Waals surface area (Å²) in [5.74, 6) is 1.85. The molecule has 0 aromatic heterocycles. The number of benzene rings is 2. The summed E-state index contributed by atoms with van der Waals surface area (Å²) in [4.78, 5) is 24.4. The first kappa shape index (κ1) is 24.4. The summed E-state index contributed by atoms with van der Waals surface area (Å²) < 4.78 is 17.3. The lowest BCUT2D eigenvalue weighted by molar-refractivity contribution is -0.123. The highest BCUT2D eigenvalue weighted by Crippen LogP contribution is 2.32. The monoisotopic (exact) mass is 454 g/mol. The molecular weight excluding hydrogens is 420 g/mol. The summed E-state index contributed by atoms with van der Waals surface area (Å²) in [5.41, 5.74) is 1.59. The molecule has 3 rings (SSSR count). The maximum Gasteiger partial charge on any atom is 0.258 e. The number of hydrogen-bond donors (Lipinski definition) is 2. The quantitative estimate of drug-likeness (QED) is 0.451. The second-order valence-electron chi connectivity index (χ2n) is 8.27. The molecule has 2 amide bonds. The maximum absolute atomic E-state index is 12.5. The first-order valence-corrected chi connectivity index (χ1v) is 11.7. The van der Waals surface area contributed by atoms with Crippen LogP contribution in [-0.2, 0) is 9.59 Å². The predicted octanol–water partition coefficient (Wildman–Crippen LogP) is 4.87. The van der Waals surface area contributed by atoms with Gasteiger partial charge in [0.15, 0.2) is 18.1 Å². The third-order valence-electron chi connectivity index (χ3n) is 5.19. The normalized spacial score (nSPS) is 13.7. The minimum Gasteiger partial charge on any atom is -0.490 e. The molecule has 0 saturated heterocycles. The zero-order chi connectivity index (χ0) is 23.6. The van der Waals surface area contributed by atoms with Gasteiger partial charge in [-0.15, -0.1) is 0 Å². The van der Waals surface area contributed by atoms with Gasteiger partial charge >= 0.3 is 0 Å². The van der Waals surface area contributed by atoms with Crippen LogP contribution in [0.3, 0.4) is 0 Å². The minimum atomic E-state index is -0.239. The van der Waals surface area contributed by atoms with Crippen molar-refractivity contribution in [1.29, 1.82) is 0 Å². The fraction of sp³-hybridized carbons (Fsp3) is 0.462. The molecule has 0 heterocycles. The number of amides is 2. The molecule has 1 unspecified atom stereocenters. The van der Waals surface area contributed by atoms with Crippen LogP contribution in [0.5, 0.6) is 17.2 Å². The number of carbonyl (C=O) groups excluding carboxylic acids is 2. The lowest BCUT2D eigenvalue weighted by Gasteiger charge is -2.18. The van der Waals surface area contributed by atoms with Crippen LogP contribution in [0.2, 0.25) is 0 Å². The molecule has 1 aliphatic rings. The van der Waals surface area contributed by atoms with Crippen molar-refractivity contribution in [2.24, 2.45) is 5.92 Å². The van der Waals surface area contributed by atoms with Crippen molar-refractivity contribution >= 4 is 17.5 Å². The topological polar surface area (TPSA) is 85.9 Å². The lowest BCUT2D eigenvalue weighted by Crippen LogP contribution is -2.31. The van der Waals surface area contributed by atoms with E-state index >= 15 is 0 Å². The molecule has 2 N–H and O–H groups in total. The molecule has 1 fully saturated rings. The van der Waals surface area contributed by atoms with Gasteiger partial charge in [-0.2, -0.15) is 0 Å².